The van der Waals surface area contributed by atoms with Gasteiger partial charge in [0.05, 0.1) is 22.0 Å². The van der Waals surface area contributed by atoms with Gasteiger partial charge in [-0.3, -0.25) is 9.78 Å². The number of nitrogens with zero attached hydrogens (tertiary/aromatic N) is 3. The normalized spacial score (nSPS) is 11.8. The van der Waals surface area contributed by atoms with Gasteiger partial charge in [0.1, 0.15) is 17.2 Å². The predicted octanol–water partition coefficient (Wildman–Crippen LogP) is 5.88. The number of nitrogens with one attached hydrogen (secondary N) is 2. The molecule has 9 nitrogen and oxygen atoms in total. The van der Waals surface area contributed by atoms with Crippen LogP contribution in [0.3, 0.4) is 0 Å². The summed E-state index contributed by atoms with van der Waals surface area (Å²) in [7, 11) is -1.18. The van der Waals surface area contributed by atoms with Gasteiger partial charge >= 0.3 is 0 Å². The Morgan fingerprint density at radius 2 is 1.77 bits per heavy atom. The summed E-state index contributed by atoms with van der Waals surface area (Å²) in [5, 5.41) is 5.73. The van der Waals surface area contributed by atoms with Gasteiger partial charge in [0, 0.05) is 37.6 Å². The number of ether oxygens (including phenoxy) is 1. The molecule has 0 unspecified atom stereocenters. The van der Waals surface area contributed by atoms with Gasteiger partial charge in [-0.15, -0.1) is 0 Å². The maximum atomic E-state index is 12.6. The summed E-state index contributed by atoms with van der Waals surface area (Å²) in [4.78, 5) is 21.5. The number of imidazole rings is 1. The van der Waals surface area contributed by atoms with E-state index in [4.69, 9.17) is 9.72 Å². The second-order valence-corrected chi connectivity index (χ2v) is 13.2. The highest BCUT2D eigenvalue weighted by atomic mass is 32.2. The van der Waals surface area contributed by atoms with E-state index in [1.54, 1.807) is 26.0 Å². The van der Waals surface area contributed by atoms with E-state index in [1.165, 1.54) is 17.3 Å². The van der Waals surface area contributed by atoms with Crippen molar-refractivity contribution in [2.75, 3.05) is 17.6 Å². The van der Waals surface area contributed by atoms with Crippen LogP contribution in [0.25, 0.3) is 11.0 Å². The van der Waals surface area contributed by atoms with Crippen molar-refractivity contribution in [2.45, 2.75) is 52.2 Å². The average Bonchev–Trinajstić information content (AvgIpc) is 3.21. The third-order valence-corrected chi connectivity index (χ3v) is 9.11. The van der Waals surface area contributed by atoms with Gasteiger partial charge in [-0.1, -0.05) is 19.9 Å². The number of carbonyl (C=O) groups excluding carboxylic acids is 1. The highest BCUT2D eigenvalue weighted by molar-refractivity contribution is 7.91. The zero-order valence-corrected chi connectivity index (χ0v) is 24.7. The molecule has 0 fully saturated rings. The topological polar surface area (TPSA) is 115 Å². The summed E-state index contributed by atoms with van der Waals surface area (Å²) in [6, 6.07) is 15.2. The van der Waals surface area contributed by atoms with Gasteiger partial charge in [0.25, 0.3) is 5.91 Å². The maximum Gasteiger partial charge on any atom is 0.270 e. The van der Waals surface area contributed by atoms with E-state index in [-0.39, 0.29) is 23.9 Å². The Bertz CT molecular complexity index is 1630. The monoisotopic (exact) mass is 563 g/mol. The molecule has 212 valence electrons. The molecule has 2 aromatic heterocycles. The third kappa shape index (κ3) is 6.80. The van der Waals surface area contributed by atoms with Crippen molar-refractivity contribution in [2.24, 2.45) is 7.05 Å². The van der Waals surface area contributed by atoms with Gasteiger partial charge < -0.3 is 19.9 Å². The zero-order chi connectivity index (χ0) is 29.0. The van der Waals surface area contributed by atoms with Crippen molar-refractivity contribution in [1.82, 2.24) is 19.9 Å². The van der Waals surface area contributed by atoms with E-state index < -0.39 is 15.1 Å². The number of hydrogen-bond acceptors (Lipinski definition) is 7. The first-order valence-corrected chi connectivity index (χ1v) is 15.1. The number of aryl methyl sites for hydroxylation is 2. The molecule has 0 spiro atoms. The third-order valence-electron chi connectivity index (χ3n) is 6.82. The van der Waals surface area contributed by atoms with Crippen LogP contribution in [0.1, 0.15) is 61.6 Å². The van der Waals surface area contributed by atoms with E-state index in [2.05, 4.69) is 54.6 Å². The molecule has 0 saturated heterocycles. The van der Waals surface area contributed by atoms with Gasteiger partial charge in [0.2, 0.25) is 5.95 Å². The number of carbonyl (C=O) groups is 1. The van der Waals surface area contributed by atoms with Gasteiger partial charge in [-0.2, -0.15) is 0 Å². The van der Waals surface area contributed by atoms with Gasteiger partial charge in [-0.05, 0) is 74.6 Å². The number of hydrogen-bond donors (Lipinski definition) is 2. The number of amides is 1. The highest BCUT2D eigenvalue weighted by Crippen LogP contribution is 2.29. The van der Waals surface area contributed by atoms with E-state index in [0.29, 0.717) is 23.8 Å². The molecule has 0 saturated carbocycles. The number of anilines is 2. The molecule has 2 aromatic carbocycles. The Hall–Kier alpha value is -3.92. The summed E-state index contributed by atoms with van der Waals surface area (Å²) < 4.78 is 31.9. The molecule has 10 heteroatoms. The fourth-order valence-corrected chi connectivity index (χ4v) is 5.38. The molecule has 40 heavy (non-hydrogen) atoms. The Morgan fingerprint density at radius 3 is 2.50 bits per heavy atom. The fraction of sp³-hybridized carbons (Fsp3) is 0.367. The predicted molar refractivity (Wildman–Crippen MR) is 159 cm³/mol. The smallest absolute Gasteiger partial charge is 0.270 e. The first-order chi connectivity index (χ1) is 18.9. The number of aromatic nitrogens is 3. The molecule has 0 aliphatic rings. The van der Waals surface area contributed by atoms with Crippen LogP contribution in [-0.2, 0) is 16.9 Å². The Kier molecular flexibility index (Phi) is 8.78. The molecular formula is C30H37N5O4S. The molecule has 2 N–H and O–H groups in total. The summed E-state index contributed by atoms with van der Waals surface area (Å²) in [6.45, 7) is 10.0. The van der Waals surface area contributed by atoms with Gasteiger partial charge in [0.15, 0.2) is 9.84 Å². The van der Waals surface area contributed by atoms with E-state index in [0.717, 1.165) is 22.7 Å². The lowest BCUT2D eigenvalue weighted by Crippen LogP contribution is -2.28. The maximum absolute atomic E-state index is 12.6. The van der Waals surface area contributed by atoms with Crippen LogP contribution >= 0.6 is 0 Å². The minimum atomic E-state index is -3.14. The van der Waals surface area contributed by atoms with E-state index >= 15 is 0 Å². The Labute approximate surface area is 235 Å². The summed E-state index contributed by atoms with van der Waals surface area (Å²) in [6.07, 6.45) is 1.84. The minimum absolute atomic E-state index is 0.0265. The SMILES string of the molecule is Cc1ccc(Nc2nc3cc(Oc4ccnc(C(=O)NCCCS(=O)(=O)C(C)C)c4)ccc3n2C)cc1C(C)C. The summed E-state index contributed by atoms with van der Waals surface area (Å²) >= 11 is 0. The van der Waals surface area contributed by atoms with Crippen LogP contribution in [0.15, 0.2) is 54.7 Å². The average molecular weight is 564 g/mol. The van der Waals surface area contributed by atoms with Crippen molar-refractivity contribution >= 4 is 38.4 Å². The Balaban J connectivity index is 1.43. The molecule has 0 aliphatic carbocycles. The van der Waals surface area contributed by atoms with Crippen LogP contribution in [0.5, 0.6) is 11.5 Å². The lowest BCUT2D eigenvalue weighted by Gasteiger charge is -2.13. The van der Waals surface area contributed by atoms with Crippen LogP contribution in [0, 0.1) is 6.92 Å². The highest BCUT2D eigenvalue weighted by Gasteiger charge is 2.16. The fourth-order valence-electron chi connectivity index (χ4n) is 4.36. The van der Waals surface area contributed by atoms with Crippen LogP contribution in [0.4, 0.5) is 11.6 Å². The lowest BCUT2D eigenvalue weighted by molar-refractivity contribution is 0.0948. The molecule has 4 aromatic rings. The quantitative estimate of drug-likeness (QED) is 0.219. The van der Waals surface area contributed by atoms with Crippen LogP contribution in [0.2, 0.25) is 0 Å². The molecule has 2 heterocycles. The molecular weight excluding hydrogens is 526 g/mol. The standard InChI is InChI=1S/C30H37N5O4S/c1-19(2)25-16-22(9-8-21(25)5)33-30-34-26-17-23(10-11-28(26)35(30)6)39-24-12-14-31-27(18-24)29(36)32-13-7-15-40(37,38)20(3)4/h8-12,14,16-20H,7,13,15H2,1-6H3,(H,32,36)(H,33,34). The van der Waals surface area contributed by atoms with Crippen molar-refractivity contribution in [1.29, 1.82) is 0 Å². The molecule has 0 radical (unpaired) electrons. The number of rotatable bonds is 11. The molecule has 0 aliphatic heterocycles. The van der Waals surface area contributed by atoms with E-state index in [9.17, 15) is 13.2 Å². The number of fused-ring (bicyclic) bond motifs is 1. The Morgan fingerprint density at radius 1 is 1.02 bits per heavy atom. The van der Waals surface area contributed by atoms with Crippen LogP contribution < -0.4 is 15.4 Å². The van der Waals surface area contributed by atoms with Crippen molar-refractivity contribution in [3.05, 3.63) is 71.5 Å². The van der Waals surface area contributed by atoms with Crippen molar-refractivity contribution in [3.8, 4) is 11.5 Å². The number of pyridine rings is 1. The number of benzene rings is 2. The lowest BCUT2D eigenvalue weighted by atomic mass is 9.97. The van der Waals surface area contributed by atoms with Crippen LogP contribution in [-0.4, -0.2) is 46.4 Å². The number of sulfone groups is 1. The van der Waals surface area contributed by atoms with E-state index in [1.807, 2.05) is 29.8 Å². The summed E-state index contributed by atoms with van der Waals surface area (Å²) in [5.41, 5.74) is 5.44. The molecule has 0 bridgehead atoms. The largest absolute Gasteiger partial charge is 0.457 e. The van der Waals surface area contributed by atoms with Crippen molar-refractivity contribution in [3.63, 3.8) is 0 Å². The second kappa shape index (κ2) is 12.1. The zero-order valence-electron chi connectivity index (χ0n) is 23.9. The van der Waals surface area contributed by atoms with Crippen molar-refractivity contribution < 1.29 is 17.9 Å². The molecule has 1 amide bonds. The molecule has 0 atom stereocenters. The second-order valence-electron chi connectivity index (χ2n) is 10.5. The first-order valence-electron chi connectivity index (χ1n) is 13.4. The molecule has 4 rings (SSSR count). The van der Waals surface area contributed by atoms with Gasteiger partial charge in [-0.25, -0.2) is 13.4 Å². The first kappa shape index (κ1) is 29.1. The summed E-state index contributed by atoms with van der Waals surface area (Å²) in [5.74, 6) is 1.81. The minimum Gasteiger partial charge on any atom is -0.457 e.